The first-order valence-electron chi connectivity index (χ1n) is 6.53. The normalized spacial score (nSPS) is 10.8. The van der Waals surface area contributed by atoms with Crippen LogP contribution in [-0.2, 0) is 0 Å². The molecule has 0 amide bonds. The van der Waals surface area contributed by atoms with Crippen LogP contribution in [0.5, 0.6) is 28.7 Å². The van der Waals surface area contributed by atoms with Crippen LogP contribution < -0.4 is 10.2 Å². The Morgan fingerprint density at radius 3 is 2.13 bits per heavy atom. The Kier molecular flexibility index (Phi) is 3.25. The van der Waals surface area contributed by atoms with Gasteiger partial charge >= 0.3 is 0 Å². The van der Waals surface area contributed by atoms with E-state index in [1.807, 2.05) is 0 Å². The monoisotopic (exact) mass is 316 g/mol. The number of phenolic OH excluding ortho intramolecular Hbond substituents is 4. The molecular formula is C16H12O7. The Morgan fingerprint density at radius 1 is 0.913 bits per heavy atom. The van der Waals surface area contributed by atoms with Gasteiger partial charge in [-0.3, -0.25) is 4.79 Å². The fourth-order valence-corrected chi connectivity index (χ4v) is 2.32. The van der Waals surface area contributed by atoms with Gasteiger partial charge in [0.05, 0.1) is 7.11 Å². The number of methoxy groups -OCH3 is 1. The lowest BCUT2D eigenvalue weighted by atomic mass is 10.1. The van der Waals surface area contributed by atoms with Crippen LogP contribution in [0.1, 0.15) is 0 Å². The highest BCUT2D eigenvalue weighted by Crippen LogP contribution is 2.49. The summed E-state index contributed by atoms with van der Waals surface area (Å²) in [5.41, 5.74) is -0.757. The Labute approximate surface area is 129 Å². The van der Waals surface area contributed by atoms with Crippen LogP contribution in [0.4, 0.5) is 0 Å². The van der Waals surface area contributed by atoms with Crippen molar-refractivity contribution < 1.29 is 29.6 Å². The van der Waals surface area contributed by atoms with Gasteiger partial charge in [-0.2, -0.15) is 0 Å². The third-order valence-corrected chi connectivity index (χ3v) is 3.44. The molecule has 0 atom stereocenters. The summed E-state index contributed by atoms with van der Waals surface area (Å²) in [5, 5.41) is 38.5. The molecule has 3 aromatic rings. The van der Waals surface area contributed by atoms with Crippen molar-refractivity contribution in [3.63, 3.8) is 0 Å². The van der Waals surface area contributed by atoms with Crippen LogP contribution in [0, 0.1) is 0 Å². The van der Waals surface area contributed by atoms with E-state index in [1.165, 1.54) is 7.11 Å². The number of aromatic hydroxyl groups is 4. The second-order valence-corrected chi connectivity index (χ2v) is 4.76. The van der Waals surface area contributed by atoms with Crippen molar-refractivity contribution in [2.45, 2.75) is 0 Å². The molecule has 7 nitrogen and oxygen atoms in total. The van der Waals surface area contributed by atoms with Crippen molar-refractivity contribution in [3.05, 3.63) is 40.6 Å². The molecule has 0 unspecified atom stereocenters. The zero-order valence-corrected chi connectivity index (χ0v) is 11.9. The fraction of sp³-hybridized carbons (Fsp3) is 0.0625. The Morgan fingerprint density at radius 2 is 1.52 bits per heavy atom. The number of hydrogen-bond acceptors (Lipinski definition) is 7. The molecule has 23 heavy (non-hydrogen) atoms. The summed E-state index contributed by atoms with van der Waals surface area (Å²) in [4.78, 5) is 12.5. The molecule has 0 aliphatic heterocycles. The van der Waals surface area contributed by atoms with Gasteiger partial charge in [0.25, 0.3) is 0 Å². The van der Waals surface area contributed by atoms with Gasteiger partial charge in [-0.25, -0.2) is 0 Å². The number of rotatable bonds is 2. The van der Waals surface area contributed by atoms with E-state index >= 15 is 0 Å². The largest absolute Gasteiger partial charge is 0.504 e. The standard InChI is InChI=1S/C16H12O7/c1-22-16-10(18)8-9(17)11(19)12(20)13(21)15(8)23-14(16)7-5-3-2-4-6-7/h2-6,17,19-21H,1H3. The maximum absolute atomic E-state index is 12.5. The number of ether oxygens (including phenoxy) is 1. The summed E-state index contributed by atoms with van der Waals surface area (Å²) in [7, 11) is 1.25. The minimum absolute atomic E-state index is 0.0189. The van der Waals surface area contributed by atoms with E-state index in [0.29, 0.717) is 5.56 Å². The predicted molar refractivity (Wildman–Crippen MR) is 81.1 cm³/mol. The summed E-state index contributed by atoms with van der Waals surface area (Å²) in [6, 6.07) is 8.51. The topological polar surface area (TPSA) is 120 Å². The van der Waals surface area contributed by atoms with Gasteiger partial charge in [0.15, 0.2) is 17.1 Å². The van der Waals surface area contributed by atoms with Crippen LogP contribution in [0.25, 0.3) is 22.3 Å². The molecule has 0 saturated carbocycles. The average Bonchev–Trinajstić information content (AvgIpc) is 2.58. The van der Waals surface area contributed by atoms with Crippen molar-refractivity contribution in [1.82, 2.24) is 0 Å². The Bertz CT molecular complexity index is 958. The van der Waals surface area contributed by atoms with Gasteiger partial charge in [-0.1, -0.05) is 30.3 Å². The SMILES string of the molecule is COc1c(-c2ccccc2)oc2c(O)c(O)c(O)c(O)c2c1=O. The Balaban J connectivity index is 2.53. The quantitative estimate of drug-likeness (QED) is 0.423. The second kappa shape index (κ2) is 5.13. The molecule has 7 heteroatoms. The van der Waals surface area contributed by atoms with Crippen molar-refractivity contribution in [2.75, 3.05) is 7.11 Å². The number of hydrogen-bond donors (Lipinski definition) is 4. The summed E-state index contributed by atoms with van der Waals surface area (Å²) >= 11 is 0. The molecule has 0 saturated heterocycles. The highest BCUT2D eigenvalue weighted by Gasteiger charge is 2.26. The van der Waals surface area contributed by atoms with Gasteiger partial charge < -0.3 is 29.6 Å². The van der Waals surface area contributed by atoms with E-state index in [4.69, 9.17) is 9.15 Å². The van der Waals surface area contributed by atoms with Crippen molar-refractivity contribution in [1.29, 1.82) is 0 Å². The smallest absolute Gasteiger partial charge is 0.239 e. The van der Waals surface area contributed by atoms with Crippen LogP contribution >= 0.6 is 0 Å². The van der Waals surface area contributed by atoms with E-state index in [2.05, 4.69) is 0 Å². The van der Waals surface area contributed by atoms with E-state index in [1.54, 1.807) is 30.3 Å². The molecule has 1 heterocycles. The lowest BCUT2D eigenvalue weighted by Crippen LogP contribution is -2.08. The lowest BCUT2D eigenvalue weighted by molar-refractivity contribution is 0.345. The predicted octanol–water partition coefficient (Wildman–Crippen LogP) is 2.29. The molecule has 0 fully saturated rings. The van der Waals surface area contributed by atoms with Gasteiger partial charge in [0, 0.05) is 5.56 Å². The maximum Gasteiger partial charge on any atom is 0.239 e. The molecule has 4 N–H and O–H groups in total. The fourth-order valence-electron chi connectivity index (χ4n) is 2.32. The van der Waals surface area contributed by atoms with Gasteiger partial charge in [-0.15, -0.1) is 0 Å². The zero-order valence-electron chi connectivity index (χ0n) is 11.9. The first-order valence-corrected chi connectivity index (χ1v) is 6.53. The number of fused-ring (bicyclic) bond motifs is 1. The molecule has 0 aliphatic carbocycles. The summed E-state index contributed by atoms with van der Waals surface area (Å²) in [6.07, 6.45) is 0. The van der Waals surface area contributed by atoms with Crippen LogP contribution in [0.3, 0.4) is 0 Å². The van der Waals surface area contributed by atoms with Gasteiger partial charge in [-0.05, 0) is 0 Å². The minimum Gasteiger partial charge on any atom is -0.504 e. The van der Waals surface area contributed by atoms with E-state index in [9.17, 15) is 25.2 Å². The van der Waals surface area contributed by atoms with Crippen LogP contribution in [-0.4, -0.2) is 27.5 Å². The highest BCUT2D eigenvalue weighted by molar-refractivity contribution is 5.95. The van der Waals surface area contributed by atoms with Gasteiger partial charge in [0.1, 0.15) is 5.39 Å². The third kappa shape index (κ3) is 2.02. The molecule has 0 aliphatic rings. The molecule has 0 spiro atoms. The van der Waals surface area contributed by atoms with Crippen LogP contribution in [0.2, 0.25) is 0 Å². The summed E-state index contributed by atoms with van der Waals surface area (Å²) < 4.78 is 10.6. The lowest BCUT2D eigenvalue weighted by Gasteiger charge is -2.12. The van der Waals surface area contributed by atoms with E-state index in [0.717, 1.165) is 0 Å². The average molecular weight is 316 g/mol. The third-order valence-electron chi connectivity index (χ3n) is 3.44. The van der Waals surface area contributed by atoms with Gasteiger partial charge in [0.2, 0.25) is 28.4 Å². The van der Waals surface area contributed by atoms with Crippen molar-refractivity contribution in [3.8, 4) is 40.1 Å². The molecular weight excluding hydrogens is 304 g/mol. The molecule has 2 aromatic carbocycles. The first kappa shape index (κ1) is 14.6. The highest BCUT2D eigenvalue weighted by atomic mass is 16.5. The molecule has 1 aromatic heterocycles. The molecule has 0 bridgehead atoms. The maximum atomic E-state index is 12.5. The summed E-state index contributed by atoms with van der Waals surface area (Å²) in [5.74, 6) is -3.94. The first-order chi connectivity index (χ1) is 11.0. The summed E-state index contributed by atoms with van der Waals surface area (Å²) in [6.45, 7) is 0. The van der Waals surface area contributed by atoms with Crippen LogP contribution in [0.15, 0.2) is 39.5 Å². The second-order valence-electron chi connectivity index (χ2n) is 4.76. The molecule has 118 valence electrons. The molecule has 3 rings (SSSR count). The van der Waals surface area contributed by atoms with Crippen molar-refractivity contribution in [2.24, 2.45) is 0 Å². The zero-order chi connectivity index (χ0) is 16.7. The number of benzene rings is 2. The van der Waals surface area contributed by atoms with Crippen molar-refractivity contribution >= 4 is 11.0 Å². The van der Waals surface area contributed by atoms with E-state index in [-0.39, 0.29) is 11.5 Å². The molecule has 0 radical (unpaired) electrons. The van der Waals surface area contributed by atoms with E-state index < -0.39 is 39.4 Å². The number of phenols is 4. The minimum atomic E-state index is -1.02. The Hall–Kier alpha value is -3.35.